The van der Waals surface area contributed by atoms with Crippen molar-refractivity contribution in [1.29, 1.82) is 0 Å². The minimum atomic E-state index is 0.547. The summed E-state index contributed by atoms with van der Waals surface area (Å²) in [6, 6.07) is 1.17. The molecule has 15 heavy (non-hydrogen) atoms. The Morgan fingerprint density at radius 2 is 2.07 bits per heavy atom. The fourth-order valence-corrected chi connectivity index (χ4v) is 3.02. The van der Waals surface area contributed by atoms with Crippen molar-refractivity contribution in [2.45, 2.75) is 32.4 Å². The van der Waals surface area contributed by atoms with Crippen LogP contribution in [0.2, 0.25) is 0 Å². The van der Waals surface area contributed by atoms with Crippen LogP contribution in [0.3, 0.4) is 0 Å². The zero-order chi connectivity index (χ0) is 11.7. The van der Waals surface area contributed by atoms with Crippen molar-refractivity contribution in [1.82, 2.24) is 4.90 Å². The minimum absolute atomic E-state index is 0.547. The summed E-state index contributed by atoms with van der Waals surface area (Å²) in [5, 5.41) is 0. The third kappa shape index (κ3) is 6.72. The van der Waals surface area contributed by atoms with Gasteiger partial charge in [-0.1, -0.05) is 6.92 Å². The number of nitrogens with zero attached hydrogens (tertiary/aromatic N) is 1. The van der Waals surface area contributed by atoms with E-state index in [0.717, 1.165) is 6.54 Å². The minimum Gasteiger partial charge on any atom is -0.329 e. The van der Waals surface area contributed by atoms with Crippen molar-refractivity contribution in [3.05, 3.63) is 0 Å². The van der Waals surface area contributed by atoms with Gasteiger partial charge in [-0.3, -0.25) is 4.90 Å². The van der Waals surface area contributed by atoms with Gasteiger partial charge in [0.25, 0.3) is 0 Å². The molecule has 0 rings (SSSR count). The lowest BCUT2D eigenvalue weighted by Crippen LogP contribution is -2.44. The molecule has 0 amide bonds. The van der Waals surface area contributed by atoms with Gasteiger partial charge in [-0.15, -0.1) is 0 Å². The quantitative estimate of drug-likeness (QED) is 0.635. The fraction of sp³-hybridized carbons (Fsp3) is 1.00. The van der Waals surface area contributed by atoms with E-state index >= 15 is 0 Å². The number of hydrogen-bond acceptors (Lipinski definition) is 4. The number of likely N-dealkylation sites (N-methyl/N-ethyl adjacent to an activating group) is 1. The highest BCUT2D eigenvalue weighted by Gasteiger charge is 2.17. The second-order valence-corrected chi connectivity index (χ2v) is 6.15. The average Bonchev–Trinajstić information content (AvgIpc) is 2.24. The number of thioether (sulfide) groups is 2. The van der Waals surface area contributed by atoms with E-state index in [1.165, 1.54) is 23.7 Å². The van der Waals surface area contributed by atoms with E-state index in [1.807, 2.05) is 23.5 Å². The van der Waals surface area contributed by atoms with Gasteiger partial charge >= 0.3 is 0 Å². The topological polar surface area (TPSA) is 29.3 Å². The Hall–Kier alpha value is 0.620. The number of hydrogen-bond donors (Lipinski definition) is 1. The first-order valence-corrected chi connectivity index (χ1v) is 8.20. The van der Waals surface area contributed by atoms with Gasteiger partial charge in [-0.2, -0.15) is 23.5 Å². The van der Waals surface area contributed by atoms with E-state index in [9.17, 15) is 0 Å². The van der Waals surface area contributed by atoms with E-state index in [-0.39, 0.29) is 0 Å². The summed E-state index contributed by atoms with van der Waals surface area (Å²) in [5.74, 6) is 3.63. The van der Waals surface area contributed by atoms with Crippen LogP contribution < -0.4 is 5.73 Å². The second kappa shape index (κ2) is 9.82. The van der Waals surface area contributed by atoms with Crippen LogP contribution in [0.4, 0.5) is 0 Å². The molecule has 0 fully saturated rings. The van der Waals surface area contributed by atoms with Crippen LogP contribution in [0.5, 0.6) is 0 Å². The third-order valence-electron chi connectivity index (χ3n) is 2.75. The molecule has 0 aliphatic rings. The molecule has 0 heterocycles. The summed E-state index contributed by atoms with van der Waals surface area (Å²) in [6.45, 7) is 5.27. The summed E-state index contributed by atoms with van der Waals surface area (Å²) in [4.78, 5) is 2.44. The molecule has 2 nitrogen and oxygen atoms in total. The average molecular weight is 250 g/mol. The molecule has 2 atom stereocenters. The van der Waals surface area contributed by atoms with Gasteiger partial charge < -0.3 is 5.73 Å². The fourth-order valence-electron chi connectivity index (χ4n) is 1.57. The molecular formula is C11H26N2S2. The standard InChI is InChI=1S/C11H26N2S2/c1-5-15-7-6-11(8-12)13(3)10(2)9-14-4/h10-11H,5-9,12H2,1-4H3. The zero-order valence-electron chi connectivity index (χ0n) is 10.5. The maximum absolute atomic E-state index is 5.83. The lowest BCUT2D eigenvalue weighted by molar-refractivity contribution is 0.199. The van der Waals surface area contributed by atoms with Crippen LogP contribution in [0.15, 0.2) is 0 Å². The first-order chi connectivity index (χ1) is 7.17. The normalized spacial score (nSPS) is 15.6. The molecule has 0 spiro atoms. The predicted octanol–water partition coefficient (Wildman–Crippen LogP) is 2.14. The molecule has 2 N–H and O–H groups in total. The maximum Gasteiger partial charge on any atom is 0.0226 e. The van der Waals surface area contributed by atoms with E-state index in [0.29, 0.717) is 12.1 Å². The molecule has 92 valence electrons. The van der Waals surface area contributed by atoms with Crippen LogP contribution in [0.1, 0.15) is 20.3 Å². The van der Waals surface area contributed by atoms with Gasteiger partial charge in [0.15, 0.2) is 0 Å². The van der Waals surface area contributed by atoms with E-state index < -0.39 is 0 Å². The van der Waals surface area contributed by atoms with Crippen molar-refractivity contribution < 1.29 is 0 Å². The monoisotopic (exact) mass is 250 g/mol. The molecule has 0 aliphatic carbocycles. The highest BCUT2D eigenvalue weighted by molar-refractivity contribution is 7.99. The Morgan fingerprint density at radius 1 is 1.40 bits per heavy atom. The molecule has 0 aromatic carbocycles. The molecule has 0 saturated heterocycles. The highest BCUT2D eigenvalue weighted by atomic mass is 32.2. The molecule has 0 radical (unpaired) electrons. The van der Waals surface area contributed by atoms with Crippen molar-refractivity contribution in [3.63, 3.8) is 0 Å². The molecule has 0 aromatic heterocycles. The summed E-state index contributed by atoms with van der Waals surface area (Å²) in [6.07, 6.45) is 3.37. The highest BCUT2D eigenvalue weighted by Crippen LogP contribution is 2.12. The van der Waals surface area contributed by atoms with Crippen LogP contribution in [0.25, 0.3) is 0 Å². The first kappa shape index (κ1) is 15.6. The van der Waals surface area contributed by atoms with Crippen molar-refractivity contribution in [2.24, 2.45) is 5.73 Å². The van der Waals surface area contributed by atoms with Crippen molar-refractivity contribution in [3.8, 4) is 0 Å². The Balaban J connectivity index is 3.91. The number of nitrogens with two attached hydrogens (primary N) is 1. The lowest BCUT2D eigenvalue weighted by atomic mass is 10.1. The molecule has 0 aromatic rings. The Bertz CT molecular complexity index is 145. The Morgan fingerprint density at radius 3 is 2.53 bits per heavy atom. The number of rotatable bonds is 9. The summed E-state index contributed by atoms with van der Waals surface area (Å²) in [5.41, 5.74) is 5.83. The third-order valence-corrected chi connectivity index (χ3v) is 4.50. The summed E-state index contributed by atoms with van der Waals surface area (Å²) in [7, 11) is 2.20. The van der Waals surface area contributed by atoms with Crippen molar-refractivity contribution in [2.75, 3.05) is 37.1 Å². The van der Waals surface area contributed by atoms with Crippen molar-refractivity contribution >= 4 is 23.5 Å². The molecule has 4 heteroatoms. The SMILES string of the molecule is CCSCCC(CN)N(C)C(C)CSC. The summed E-state index contributed by atoms with van der Waals surface area (Å²) < 4.78 is 0. The van der Waals surface area contributed by atoms with Gasteiger partial charge in [-0.25, -0.2) is 0 Å². The van der Waals surface area contributed by atoms with Gasteiger partial charge in [0, 0.05) is 24.4 Å². The van der Waals surface area contributed by atoms with Crippen LogP contribution in [0, 0.1) is 0 Å². The molecular weight excluding hydrogens is 224 g/mol. The van der Waals surface area contributed by atoms with Gasteiger partial charge in [0.05, 0.1) is 0 Å². The van der Waals surface area contributed by atoms with Gasteiger partial charge in [0.2, 0.25) is 0 Å². The first-order valence-electron chi connectivity index (χ1n) is 5.66. The zero-order valence-corrected chi connectivity index (χ0v) is 12.2. The molecule has 2 unspecified atom stereocenters. The molecule has 0 aliphatic heterocycles. The van der Waals surface area contributed by atoms with Gasteiger partial charge in [-0.05, 0) is 38.2 Å². The van der Waals surface area contributed by atoms with Gasteiger partial charge in [0.1, 0.15) is 0 Å². The predicted molar refractivity (Wildman–Crippen MR) is 76.1 cm³/mol. The molecule has 0 saturated carbocycles. The van der Waals surface area contributed by atoms with Crippen LogP contribution in [-0.4, -0.2) is 54.1 Å². The smallest absolute Gasteiger partial charge is 0.0226 e. The lowest BCUT2D eigenvalue weighted by Gasteiger charge is -2.32. The van der Waals surface area contributed by atoms with Crippen LogP contribution in [-0.2, 0) is 0 Å². The largest absolute Gasteiger partial charge is 0.329 e. The molecule has 0 bridgehead atoms. The maximum atomic E-state index is 5.83. The Labute approximate surface area is 104 Å². The van der Waals surface area contributed by atoms with Crippen LogP contribution >= 0.6 is 23.5 Å². The van der Waals surface area contributed by atoms with E-state index in [4.69, 9.17) is 5.73 Å². The second-order valence-electron chi connectivity index (χ2n) is 3.84. The van der Waals surface area contributed by atoms with E-state index in [1.54, 1.807) is 0 Å². The van der Waals surface area contributed by atoms with E-state index in [2.05, 4.69) is 32.1 Å². The summed E-state index contributed by atoms with van der Waals surface area (Å²) >= 11 is 3.91. The Kier molecular flexibility index (Phi) is 10.2.